The smallest absolute Gasteiger partial charge is 0.0399 e. The average Bonchev–Trinajstić information content (AvgIpc) is 2.96. The van der Waals surface area contributed by atoms with Crippen LogP contribution >= 0.6 is 0 Å². The molecule has 3 heteroatoms. The van der Waals surface area contributed by atoms with Crippen LogP contribution in [0.15, 0.2) is 18.2 Å². The van der Waals surface area contributed by atoms with Crippen LogP contribution in [0.2, 0.25) is 0 Å². The average molecular weight is 273 g/mol. The van der Waals surface area contributed by atoms with E-state index >= 15 is 0 Å². The molecule has 0 radical (unpaired) electrons. The van der Waals surface area contributed by atoms with Crippen LogP contribution < -0.4 is 10.2 Å². The Morgan fingerprint density at radius 1 is 1.15 bits per heavy atom. The summed E-state index contributed by atoms with van der Waals surface area (Å²) >= 11 is 0. The first kappa shape index (κ1) is 13.9. The molecule has 1 aromatic carbocycles. The fraction of sp³-hybridized carbons (Fsp3) is 0.647. The highest BCUT2D eigenvalue weighted by Crippen LogP contribution is 2.24. The molecule has 20 heavy (non-hydrogen) atoms. The largest absolute Gasteiger partial charge is 0.369 e. The van der Waals surface area contributed by atoms with Crippen LogP contribution in [-0.4, -0.2) is 50.2 Å². The van der Waals surface area contributed by atoms with Crippen molar-refractivity contribution in [3.63, 3.8) is 0 Å². The molecule has 2 fully saturated rings. The number of piperazine rings is 1. The fourth-order valence-corrected chi connectivity index (χ4v) is 3.47. The third-order valence-electron chi connectivity index (χ3n) is 4.93. The molecule has 3 nitrogen and oxygen atoms in total. The maximum Gasteiger partial charge on any atom is 0.0399 e. The SMILES string of the molecule is Cc1cccc(N2CCN(CC3CCCN3)CC2)c1C. The van der Waals surface area contributed by atoms with Crippen LogP contribution in [0.5, 0.6) is 0 Å². The highest BCUT2D eigenvalue weighted by atomic mass is 15.3. The third-order valence-corrected chi connectivity index (χ3v) is 4.93. The fourth-order valence-electron chi connectivity index (χ4n) is 3.47. The van der Waals surface area contributed by atoms with Gasteiger partial charge >= 0.3 is 0 Å². The van der Waals surface area contributed by atoms with Crippen molar-refractivity contribution >= 4 is 5.69 Å². The van der Waals surface area contributed by atoms with Gasteiger partial charge in [0.1, 0.15) is 0 Å². The van der Waals surface area contributed by atoms with E-state index in [4.69, 9.17) is 0 Å². The van der Waals surface area contributed by atoms with E-state index < -0.39 is 0 Å². The maximum atomic E-state index is 3.61. The Bertz CT molecular complexity index is 444. The van der Waals surface area contributed by atoms with E-state index in [1.807, 2.05) is 0 Å². The van der Waals surface area contributed by atoms with Crippen LogP contribution in [0, 0.1) is 13.8 Å². The van der Waals surface area contributed by atoms with Gasteiger partial charge in [0.2, 0.25) is 0 Å². The lowest BCUT2D eigenvalue weighted by Gasteiger charge is -2.38. The Labute approximate surface area is 123 Å². The van der Waals surface area contributed by atoms with Crippen molar-refractivity contribution < 1.29 is 0 Å². The summed E-state index contributed by atoms with van der Waals surface area (Å²) in [4.78, 5) is 5.19. The number of benzene rings is 1. The summed E-state index contributed by atoms with van der Waals surface area (Å²) in [6, 6.07) is 7.41. The Morgan fingerprint density at radius 2 is 1.95 bits per heavy atom. The van der Waals surface area contributed by atoms with Crippen LogP contribution in [0.25, 0.3) is 0 Å². The predicted octanol–water partition coefficient (Wildman–Crippen LogP) is 2.18. The lowest BCUT2D eigenvalue weighted by molar-refractivity contribution is 0.236. The molecule has 2 aliphatic heterocycles. The van der Waals surface area contributed by atoms with E-state index in [2.05, 4.69) is 47.2 Å². The number of hydrogen-bond acceptors (Lipinski definition) is 3. The van der Waals surface area contributed by atoms with E-state index in [0.717, 1.165) is 19.1 Å². The normalized spacial score (nSPS) is 24.3. The lowest BCUT2D eigenvalue weighted by Crippen LogP contribution is -2.50. The van der Waals surface area contributed by atoms with Crippen LogP contribution in [-0.2, 0) is 0 Å². The number of anilines is 1. The van der Waals surface area contributed by atoms with Crippen molar-refractivity contribution in [1.29, 1.82) is 0 Å². The third kappa shape index (κ3) is 2.99. The minimum atomic E-state index is 0.738. The second-order valence-corrected chi connectivity index (χ2v) is 6.30. The molecule has 110 valence electrons. The van der Waals surface area contributed by atoms with Crippen molar-refractivity contribution in [2.24, 2.45) is 0 Å². The number of nitrogens with zero attached hydrogens (tertiary/aromatic N) is 2. The molecule has 0 aromatic heterocycles. The molecule has 1 N–H and O–H groups in total. The number of nitrogens with one attached hydrogen (secondary N) is 1. The summed E-state index contributed by atoms with van der Waals surface area (Å²) in [7, 11) is 0. The van der Waals surface area contributed by atoms with E-state index in [-0.39, 0.29) is 0 Å². The van der Waals surface area contributed by atoms with Gasteiger partial charge in [-0.05, 0) is 50.4 Å². The van der Waals surface area contributed by atoms with Crippen molar-refractivity contribution in [2.75, 3.05) is 44.2 Å². The van der Waals surface area contributed by atoms with Crippen molar-refractivity contribution in [1.82, 2.24) is 10.2 Å². The highest BCUT2D eigenvalue weighted by molar-refractivity contribution is 5.56. The number of rotatable bonds is 3. The van der Waals surface area contributed by atoms with Gasteiger partial charge in [-0.25, -0.2) is 0 Å². The Hall–Kier alpha value is -1.06. The monoisotopic (exact) mass is 273 g/mol. The first-order valence-corrected chi connectivity index (χ1v) is 8.01. The van der Waals surface area contributed by atoms with Crippen molar-refractivity contribution in [3.05, 3.63) is 29.3 Å². The highest BCUT2D eigenvalue weighted by Gasteiger charge is 2.22. The first-order chi connectivity index (χ1) is 9.74. The van der Waals surface area contributed by atoms with Crippen molar-refractivity contribution in [3.8, 4) is 0 Å². The molecule has 0 aliphatic carbocycles. The van der Waals surface area contributed by atoms with Gasteiger partial charge in [0.25, 0.3) is 0 Å². The molecule has 2 aliphatic rings. The Kier molecular flexibility index (Phi) is 4.27. The van der Waals surface area contributed by atoms with E-state index in [1.165, 1.54) is 55.8 Å². The predicted molar refractivity (Wildman–Crippen MR) is 85.6 cm³/mol. The standard InChI is InChI=1S/C17H27N3/c1-14-5-3-7-17(15(14)2)20-11-9-19(10-12-20)13-16-6-4-8-18-16/h3,5,7,16,18H,4,6,8-13H2,1-2H3. The summed E-state index contributed by atoms with van der Waals surface area (Å²) in [6.07, 6.45) is 2.71. The van der Waals surface area contributed by atoms with Gasteiger partial charge in [-0.1, -0.05) is 12.1 Å². The molecule has 1 aromatic rings. The van der Waals surface area contributed by atoms with Gasteiger partial charge in [-0.2, -0.15) is 0 Å². The zero-order valence-electron chi connectivity index (χ0n) is 12.9. The molecule has 3 rings (SSSR count). The minimum Gasteiger partial charge on any atom is -0.369 e. The van der Waals surface area contributed by atoms with Gasteiger partial charge in [0.15, 0.2) is 0 Å². The number of aryl methyl sites for hydroxylation is 1. The number of hydrogen-bond donors (Lipinski definition) is 1. The maximum absolute atomic E-state index is 3.61. The Morgan fingerprint density at radius 3 is 2.65 bits per heavy atom. The summed E-state index contributed by atoms with van der Waals surface area (Å²) in [5.41, 5.74) is 4.28. The molecule has 0 amide bonds. The second-order valence-electron chi connectivity index (χ2n) is 6.30. The van der Waals surface area contributed by atoms with Gasteiger partial charge in [-0.15, -0.1) is 0 Å². The quantitative estimate of drug-likeness (QED) is 0.910. The van der Waals surface area contributed by atoms with E-state index in [1.54, 1.807) is 0 Å². The van der Waals surface area contributed by atoms with Crippen LogP contribution in [0.1, 0.15) is 24.0 Å². The molecular weight excluding hydrogens is 246 g/mol. The van der Waals surface area contributed by atoms with Crippen LogP contribution in [0.4, 0.5) is 5.69 Å². The van der Waals surface area contributed by atoms with E-state index in [0.29, 0.717) is 0 Å². The molecular formula is C17H27N3. The van der Waals surface area contributed by atoms with Gasteiger partial charge in [0.05, 0.1) is 0 Å². The Balaban J connectivity index is 1.56. The molecule has 0 spiro atoms. The zero-order chi connectivity index (χ0) is 13.9. The molecule has 1 unspecified atom stereocenters. The zero-order valence-corrected chi connectivity index (χ0v) is 12.9. The topological polar surface area (TPSA) is 18.5 Å². The molecule has 1 atom stereocenters. The molecule has 0 saturated carbocycles. The summed E-state index contributed by atoms with van der Waals surface area (Å²) in [5.74, 6) is 0. The summed E-state index contributed by atoms with van der Waals surface area (Å²) < 4.78 is 0. The summed E-state index contributed by atoms with van der Waals surface area (Å²) in [6.45, 7) is 11.6. The lowest BCUT2D eigenvalue weighted by atomic mass is 10.1. The minimum absolute atomic E-state index is 0.738. The second kappa shape index (κ2) is 6.15. The van der Waals surface area contributed by atoms with Crippen LogP contribution in [0.3, 0.4) is 0 Å². The van der Waals surface area contributed by atoms with Crippen molar-refractivity contribution in [2.45, 2.75) is 32.7 Å². The van der Waals surface area contributed by atoms with E-state index in [9.17, 15) is 0 Å². The molecule has 0 bridgehead atoms. The molecule has 2 saturated heterocycles. The van der Waals surface area contributed by atoms with Gasteiger partial charge in [-0.3, -0.25) is 4.90 Å². The van der Waals surface area contributed by atoms with Gasteiger partial charge in [0, 0.05) is 44.5 Å². The summed E-state index contributed by atoms with van der Waals surface area (Å²) in [5, 5.41) is 3.61. The van der Waals surface area contributed by atoms with Gasteiger partial charge < -0.3 is 10.2 Å². The first-order valence-electron chi connectivity index (χ1n) is 8.01. The molecule has 2 heterocycles.